The molecule has 1 N–H and O–H groups in total. The van der Waals surface area contributed by atoms with Gasteiger partial charge >= 0.3 is 0 Å². The molecule has 2 aliphatic rings. The van der Waals surface area contributed by atoms with E-state index in [0.717, 1.165) is 31.6 Å². The third-order valence-electron chi connectivity index (χ3n) is 4.19. The first kappa shape index (κ1) is 13.3. The van der Waals surface area contributed by atoms with Gasteiger partial charge in [0.15, 0.2) is 11.5 Å². The van der Waals surface area contributed by atoms with E-state index in [1.165, 1.54) is 19.3 Å². The Kier molecular flexibility index (Phi) is 3.85. The summed E-state index contributed by atoms with van der Waals surface area (Å²) in [5.74, 6) is 0.803. The van der Waals surface area contributed by atoms with Crippen LogP contribution in [0.25, 0.3) is 0 Å². The molecule has 20 heavy (non-hydrogen) atoms. The highest BCUT2D eigenvalue weighted by Gasteiger charge is 2.25. The van der Waals surface area contributed by atoms with Crippen molar-refractivity contribution >= 4 is 11.7 Å². The van der Waals surface area contributed by atoms with Crippen molar-refractivity contribution in [1.29, 1.82) is 0 Å². The topological polar surface area (TPSA) is 58.1 Å². The summed E-state index contributed by atoms with van der Waals surface area (Å²) in [5.41, 5.74) is 0.422. The molecule has 2 heterocycles. The highest BCUT2D eigenvalue weighted by molar-refractivity contribution is 5.92. The normalized spacial score (nSPS) is 22.6. The Balaban J connectivity index is 1.69. The predicted octanol–water partition coefficient (Wildman–Crippen LogP) is 2.14. The molecule has 5 heteroatoms. The third kappa shape index (κ3) is 2.92. The minimum Gasteiger partial charge on any atom is -0.352 e. The number of piperidine rings is 1. The number of carbonyl (C=O) groups excluding carboxylic acids is 1. The fourth-order valence-corrected chi connectivity index (χ4v) is 2.81. The van der Waals surface area contributed by atoms with Crippen LogP contribution in [0.4, 0.5) is 5.82 Å². The average Bonchev–Trinajstić information content (AvgIpc) is 3.31. The Morgan fingerprint density at radius 3 is 2.80 bits per heavy atom. The number of aromatic nitrogens is 2. The lowest BCUT2D eigenvalue weighted by Crippen LogP contribution is -2.39. The molecule has 108 valence electrons. The van der Waals surface area contributed by atoms with E-state index in [4.69, 9.17) is 0 Å². The maximum absolute atomic E-state index is 11.9. The summed E-state index contributed by atoms with van der Waals surface area (Å²) in [6.45, 7) is 3.26. The number of rotatable bonds is 4. The predicted molar refractivity (Wildman–Crippen MR) is 77.8 cm³/mol. The molecule has 1 aliphatic heterocycles. The number of anilines is 1. The average molecular weight is 274 g/mol. The molecule has 5 nitrogen and oxygen atoms in total. The van der Waals surface area contributed by atoms with E-state index in [0.29, 0.717) is 17.8 Å². The van der Waals surface area contributed by atoms with Gasteiger partial charge in [-0.05, 0) is 50.7 Å². The minimum atomic E-state index is -0.0998. The molecule has 1 aliphatic carbocycles. The van der Waals surface area contributed by atoms with Crippen molar-refractivity contribution in [3.8, 4) is 0 Å². The maximum Gasteiger partial charge on any atom is 0.272 e. The van der Waals surface area contributed by atoms with E-state index in [9.17, 15) is 4.79 Å². The Morgan fingerprint density at radius 1 is 1.30 bits per heavy atom. The highest BCUT2D eigenvalue weighted by atomic mass is 16.2. The number of hydrogen-bond donors (Lipinski definition) is 1. The van der Waals surface area contributed by atoms with Gasteiger partial charge < -0.3 is 10.2 Å². The Morgan fingerprint density at radius 2 is 2.15 bits per heavy atom. The van der Waals surface area contributed by atoms with E-state index in [1.54, 1.807) is 6.07 Å². The van der Waals surface area contributed by atoms with Crippen molar-refractivity contribution in [3.63, 3.8) is 0 Å². The number of nitrogens with zero attached hydrogens (tertiary/aromatic N) is 3. The van der Waals surface area contributed by atoms with Gasteiger partial charge in [-0.3, -0.25) is 4.79 Å². The molecule has 1 atom stereocenters. The zero-order chi connectivity index (χ0) is 13.9. The molecule has 1 saturated carbocycles. The van der Waals surface area contributed by atoms with Gasteiger partial charge in [0.1, 0.15) is 0 Å². The van der Waals surface area contributed by atoms with Crippen LogP contribution in [-0.4, -0.2) is 34.7 Å². The van der Waals surface area contributed by atoms with Crippen molar-refractivity contribution in [1.82, 2.24) is 15.5 Å². The van der Waals surface area contributed by atoms with E-state index in [1.807, 2.05) is 6.07 Å². The van der Waals surface area contributed by atoms with Crippen LogP contribution >= 0.6 is 0 Å². The number of hydrogen-bond acceptors (Lipinski definition) is 4. The van der Waals surface area contributed by atoms with Crippen LogP contribution in [-0.2, 0) is 0 Å². The first-order valence-electron chi connectivity index (χ1n) is 7.69. The second-order valence-electron chi connectivity index (χ2n) is 5.78. The monoisotopic (exact) mass is 274 g/mol. The SMILES string of the molecule is CCC1CCCCN1c1ccc(C(=O)NC2CC2)nn1. The molecule has 2 fully saturated rings. The van der Waals surface area contributed by atoms with Crippen LogP contribution in [0.5, 0.6) is 0 Å². The van der Waals surface area contributed by atoms with Gasteiger partial charge in [-0.2, -0.15) is 0 Å². The molecule has 1 aromatic rings. The van der Waals surface area contributed by atoms with Crippen molar-refractivity contribution < 1.29 is 4.79 Å². The summed E-state index contributed by atoms with van der Waals surface area (Å²) in [7, 11) is 0. The number of amides is 1. The molecular weight excluding hydrogens is 252 g/mol. The van der Waals surface area contributed by atoms with E-state index >= 15 is 0 Å². The lowest BCUT2D eigenvalue weighted by Gasteiger charge is -2.35. The van der Waals surface area contributed by atoms with Crippen molar-refractivity contribution in [2.75, 3.05) is 11.4 Å². The molecule has 1 aromatic heterocycles. The summed E-state index contributed by atoms with van der Waals surface area (Å²) < 4.78 is 0. The molecule has 1 amide bonds. The highest BCUT2D eigenvalue weighted by Crippen LogP contribution is 2.24. The quantitative estimate of drug-likeness (QED) is 0.914. The zero-order valence-electron chi connectivity index (χ0n) is 12.0. The van der Waals surface area contributed by atoms with Gasteiger partial charge in [0.2, 0.25) is 0 Å². The van der Waals surface area contributed by atoms with Gasteiger partial charge in [-0.15, -0.1) is 10.2 Å². The Labute approximate surface area is 119 Å². The third-order valence-corrected chi connectivity index (χ3v) is 4.19. The molecule has 0 radical (unpaired) electrons. The van der Waals surface area contributed by atoms with E-state index < -0.39 is 0 Å². The molecule has 3 rings (SSSR count). The molecular formula is C15H22N4O. The summed E-state index contributed by atoms with van der Waals surface area (Å²) in [5, 5.41) is 11.3. The summed E-state index contributed by atoms with van der Waals surface area (Å²) in [6.07, 6.45) is 7.03. The fourth-order valence-electron chi connectivity index (χ4n) is 2.81. The van der Waals surface area contributed by atoms with Crippen LogP contribution in [0.2, 0.25) is 0 Å². The molecule has 1 saturated heterocycles. The zero-order valence-corrected chi connectivity index (χ0v) is 12.0. The van der Waals surface area contributed by atoms with E-state index in [-0.39, 0.29) is 5.91 Å². The molecule has 0 aromatic carbocycles. The first-order chi connectivity index (χ1) is 9.78. The van der Waals surface area contributed by atoms with Gasteiger partial charge in [-0.1, -0.05) is 6.92 Å². The van der Waals surface area contributed by atoms with Crippen LogP contribution in [0.15, 0.2) is 12.1 Å². The lowest BCUT2D eigenvalue weighted by molar-refractivity contribution is 0.0945. The minimum absolute atomic E-state index is 0.0998. The summed E-state index contributed by atoms with van der Waals surface area (Å²) >= 11 is 0. The second-order valence-corrected chi connectivity index (χ2v) is 5.78. The van der Waals surface area contributed by atoms with Crippen molar-refractivity contribution in [3.05, 3.63) is 17.8 Å². The summed E-state index contributed by atoms with van der Waals surface area (Å²) in [6, 6.07) is 4.64. The van der Waals surface area contributed by atoms with Crippen molar-refractivity contribution in [2.24, 2.45) is 0 Å². The number of nitrogens with one attached hydrogen (secondary N) is 1. The smallest absolute Gasteiger partial charge is 0.272 e. The van der Waals surface area contributed by atoms with Crippen LogP contribution in [0.3, 0.4) is 0 Å². The fraction of sp³-hybridized carbons (Fsp3) is 0.667. The first-order valence-corrected chi connectivity index (χ1v) is 7.69. The Hall–Kier alpha value is -1.65. The van der Waals surface area contributed by atoms with Gasteiger partial charge in [0.25, 0.3) is 5.91 Å². The molecule has 1 unspecified atom stereocenters. The maximum atomic E-state index is 11.9. The standard InChI is InChI=1S/C15H22N4O/c1-2-12-5-3-4-10-19(12)14-9-8-13(17-18-14)15(20)16-11-6-7-11/h8-9,11-12H,2-7,10H2,1H3,(H,16,20). The van der Waals surface area contributed by atoms with Crippen molar-refractivity contribution in [2.45, 2.75) is 57.5 Å². The van der Waals surface area contributed by atoms with Gasteiger partial charge in [0, 0.05) is 18.6 Å². The van der Waals surface area contributed by atoms with Gasteiger partial charge in [0.05, 0.1) is 0 Å². The Bertz CT molecular complexity index is 469. The van der Waals surface area contributed by atoms with E-state index in [2.05, 4.69) is 27.3 Å². The van der Waals surface area contributed by atoms with Crippen LogP contribution in [0.1, 0.15) is 55.9 Å². The van der Waals surface area contributed by atoms with Gasteiger partial charge in [-0.25, -0.2) is 0 Å². The number of carbonyl (C=O) groups is 1. The van der Waals surface area contributed by atoms with Crippen LogP contribution in [0, 0.1) is 0 Å². The molecule has 0 spiro atoms. The second kappa shape index (κ2) is 5.77. The molecule has 0 bridgehead atoms. The largest absolute Gasteiger partial charge is 0.352 e. The lowest BCUT2D eigenvalue weighted by atomic mass is 10.0. The van der Waals surface area contributed by atoms with Crippen LogP contribution < -0.4 is 10.2 Å². The summed E-state index contributed by atoms with van der Waals surface area (Å²) in [4.78, 5) is 14.2.